The van der Waals surface area contributed by atoms with Gasteiger partial charge in [0.1, 0.15) is 5.75 Å². The van der Waals surface area contributed by atoms with Crippen molar-refractivity contribution in [3.05, 3.63) is 29.8 Å². The molecule has 1 aromatic carbocycles. The average molecular weight is 295 g/mol. The first kappa shape index (κ1) is 18.0. The molecular formula is C17H29NO3. The van der Waals surface area contributed by atoms with E-state index in [1.54, 1.807) is 7.11 Å². The third kappa shape index (κ3) is 7.46. The maximum Gasteiger partial charge on any atom is 0.120 e. The van der Waals surface area contributed by atoms with Gasteiger partial charge in [0.2, 0.25) is 0 Å². The summed E-state index contributed by atoms with van der Waals surface area (Å²) in [5, 5.41) is 3.52. The summed E-state index contributed by atoms with van der Waals surface area (Å²) in [5.41, 5.74) is 1.19. The van der Waals surface area contributed by atoms with E-state index in [-0.39, 0.29) is 12.1 Å². The van der Waals surface area contributed by atoms with Gasteiger partial charge in [-0.1, -0.05) is 19.1 Å². The second-order valence-electron chi connectivity index (χ2n) is 5.31. The molecule has 1 rings (SSSR count). The maximum atomic E-state index is 5.76. The van der Waals surface area contributed by atoms with E-state index >= 15 is 0 Å². The van der Waals surface area contributed by atoms with Crippen LogP contribution in [0, 0.1) is 0 Å². The van der Waals surface area contributed by atoms with Crippen LogP contribution in [0.15, 0.2) is 24.3 Å². The fourth-order valence-electron chi connectivity index (χ4n) is 2.01. The van der Waals surface area contributed by atoms with Crippen molar-refractivity contribution in [2.24, 2.45) is 0 Å². The van der Waals surface area contributed by atoms with Gasteiger partial charge >= 0.3 is 0 Å². The SMILES string of the molecule is CCCNC(COCCOC)c1cccc(OC(C)C)c1. The van der Waals surface area contributed by atoms with Crippen molar-refractivity contribution in [2.45, 2.75) is 39.3 Å². The topological polar surface area (TPSA) is 39.7 Å². The summed E-state index contributed by atoms with van der Waals surface area (Å²) in [6.45, 7) is 9.07. The van der Waals surface area contributed by atoms with Crippen molar-refractivity contribution in [2.75, 3.05) is 33.5 Å². The lowest BCUT2D eigenvalue weighted by molar-refractivity contribution is 0.0585. The molecule has 21 heavy (non-hydrogen) atoms. The molecule has 1 N–H and O–H groups in total. The molecule has 0 saturated carbocycles. The van der Waals surface area contributed by atoms with E-state index in [9.17, 15) is 0 Å². The van der Waals surface area contributed by atoms with Crippen LogP contribution in [0.4, 0.5) is 0 Å². The van der Waals surface area contributed by atoms with E-state index in [0.29, 0.717) is 19.8 Å². The number of ether oxygens (including phenoxy) is 3. The summed E-state index contributed by atoms with van der Waals surface area (Å²) in [5.74, 6) is 0.905. The van der Waals surface area contributed by atoms with Gasteiger partial charge in [-0.05, 0) is 44.5 Å². The minimum Gasteiger partial charge on any atom is -0.491 e. The number of hydrogen-bond donors (Lipinski definition) is 1. The molecule has 0 saturated heterocycles. The van der Waals surface area contributed by atoms with Crippen LogP contribution in [-0.4, -0.2) is 39.6 Å². The first-order chi connectivity index (χ1) is 10.2. The summed E-state index contributed by atoms with van der Waals surface area (Å²) < 4.78 is 16.5. The van der Waals surface area contributed by atoms with E-state index < -0.39 is 0 Å². The molecule has 4 heteroatoms. The van der Waals surface area contributed by atoms with Gasteiger partial charge in [-0.25, -0.2) is 0 Å². The van der Waals surface area contributed by atoms with Crippen LogP contribution in [0.5, 0.6) is 5.75 Å². The Labute approximate surface area is 128 Å². The lowest BCUT2D eigenvalue weighted by atomic mass is 10.1. The van der Waals surface area contributed by atoms with Gasteiger partial charge < -0.3 is 19.5 Å². The second-order valence-corrected chi connectivity index (χ2v) is 5.31. The smallest absolute Gasteiger partial charge is 0.120 e. The van der Waals surface area contributed by atoms with Crippen molar-refractivity contribution in [3.8, 4) is 5.75 Å². The third-order valence-corrected chi connectivity index (χ3v) is 2.99. The molecule has 1 aromatic rings. The summed E-state index contributed by atoms with van der Waals surface area (Å²) in [7, 11) is 1.68. The molecule has 4 nitrogen and oxygen atoms in total. The molecule has 0 bridgehead atoms. The Morgan fingerprint density at radius 3 is 2.67 bits per heavy atom. The fourth-order valence-corrected chi connectivity index (χ4v) is 2.01. The Morgan fingerprint density at radius 2 is 2.00 bits per heavy atom. The van der Waals surface area contributed by atoms with Gasteiger partial charge in [-0.2, -0.15) is 0 Å². The Bertz CT molecular complexity index is 382. The van der Waals surface area contributed by atoms with Crippen LogP contribution in [-0.2, 0) is 9.47 Å². The summed E-state index contributed by atoms with van der Waals surface area (Å²) >= 11 is 0. The third-order valence-electron chi connectivity index (χ3n) is 2.99. The van der Waals surface area contributed by atoms with Gasteiger partial charge in [-0.15, -0.1) is 0 Å². The predicted molar refractivity (Wildman–Crippen MR) is 85.9 cm³/mol. The van der Waals surface area contributed by atoms with Crippen molar-refractivity contribution in [1.82, 2.24) is 5.32 Å². The van der Waals surface area contributed by atoms with Crippen molar-refractivity contribution in [3.63, 3.8) is 0 Å². The number of methoxy groups -OCH3 is 1. The van der Waals surface area contributed by atoms with Crippen LogP contribution >= 0.6 is 0 Å². The lowest BCUT2D eigenvalue weighted by Gasteiger charge is -2.20. The van der Waals surface area contributed by atoms with Crippen LogP contribution in [0.25, 0.3) is 0 Å². The fraction of sp³-hybridized carbons (Fsp3) is 0.647. The zero-order valence-corrected chi connectivity index (χ0v) is 13.7. The first-order valence-electron chi connectivity index (χ1n) is 7.74. The normalized spacial score (nSPS) is 12.6. The monoisotopic (exact) mass is 295 g/mol. The zero-order chi connectivity index (χ0) is 15.5. The molecular weight excluding hydrogens is 266 g/mol. The van der Waals surface area contributed by atoms with Crippen LogP contribution in [0.3, 0.4) is 0 Å². The van der Waals surface area contributed by atoms with Gasteiger partial charge in [0.25, 0.3) is 0 Å². The molecule has 0 radical (unpaired) electrons. The number of rotatable bonds is 11. The maximum absolute atomic E-state index is 5.76. The molecule has 0 amide bonds. The highest BCUT2D eigenvalue weighted by Crippen LogP contribution is 2.20. The molecule has 0 fully saturated rings. The Hall–Kier alpha value is -1.10. The second kappa shape index (κ2) is 10.6. The minimum atomic E-state index is 0.178. The molecule has 0 spiro atoms. The highest BCUT2D eigenvalue weighted by Gasteiger charge is 2.12. The largest absolute Gasteiger partial charge is 0.491 e. The number of nitrogens with one attached hydrogen (secondary N) is 1. The Balaban J connectivity index is 2.66. The minimum absolute atomic E-state index is 0.178. The predicted octanol–water partition coefficient (Wildman–Crippen LogP) is 3.18. The number of benzene rings is 1. The molecule has 0 heterocycles. The molecule has 1 unspecified atom stereocenters. The van der Waals surface area contributed by atoms with E-state index in [2.05, 4.69) is 24.4 Å². The van der Waals surface area contributed by atoms with Gasteiger partial charge in [0.15, 0.2) is 0 Å². The van der Waals surface area contributed by atoms with E-state index in [1.807, 2.05) is 26.0 Å². The van der Waals surface area contributed by atoms with Crippen molar-refractivity contribution in [1.29, 1.82) is 0 Å². The summed E-state index contributed by atoms with van der Waals surface area (Å²) in [4.78, 5) is 0. The van der Waals surface area contributed by atoms with Crippen LogP contribution in [0.1, 0.15) is 38.8 Å². The molecule has 0 aliphatic rings. The van der Waals surface area contributed by atoms with Gasteiger partial charge in [0.05, 0.1) is 32.0 Å². The molecule has 0 aromatic heterocycles. The van der Waals surface area contributed by atoms with Gasteiger partial charge in [-0.3, -0.25) is 0 Å². The van der Waals surface area contributed by atoms with Crippen molar-refractivity contribution < 1.29 is 14.2 Å². The quantitative estimate of drug-likeness (QED) is 0.637. The van der Waals surface area contributed by atoms with E-state index in [0.717, 1.165) is 18.7 Å². The summed E-state index contributed by atoms with van der Waals surface area (Å²) in [6.07, 6.45) is 1.27. The van der Waals surface area contributed by atoms with Gasteiger partial charge in [0, 0.05) is 7.11 Å². The highest BCUT2D eigenvalue weighted by molar-refractivity contribution is 5.30. The Kier molecular flexibility index (Phi) is 9.06. The summed E-state index contributed by atoms with van der Waals surface area (Å²) in [6, 6.07) is 8.40. The Morgan fingerprint density at radius 1 is 1.19 bits per heavy atom. The van der Waals surface area contributed by atoms with E-state index in [4.69, 9.17) is 14.2 Å². The zero-order valence-electron chi connectivity index (χ0n) is 13.7. The van der Waals surface area contributed by atoms with Crippen LogP contribution < -0.4 is 10.1 Å². The molecule has 120 valence electrons. The highest BCUT2D eigenvalue weighted by atomic mass is 16.5. The molecule has 0 aliphatic carbocycles. The molecule has 0 aliphatic heterocycles. The molecule has 1 atom stereocenters. The van der Waals surface area contributed by atoms with Crippen molar-refractivity contribution >= 4 is 0 Å². The standard InChI is InChI=1S/C17H29NO3/c1-5-9-18-17(13-20-11-10-19-4)15-7-6-8-16(12-15)21-14(2)3/h6-8,12,14,17-18H,5,9-11,13H2,1-4H3. The van der Waals surface area contributed by atoms with Crippen LogP contribution in [0.2, 0.25) is 0 Å². The average Bonchev–Trinajstić information content (AvgIpc) is 2.46. The lowest BCUT2D eigenvalue weighted by Crippen LogP contribution is -2.27. The number of hydrogen-bond acceptors (Lipinski definition) is 4. The van der Waals surface area contributed by atoms with E-state index in [1.165, 1.54) is 5.56 Å². The first-order valence-corrected chi connectivity index (χ1v) is 7.74.